The minimum atomic E-state index is -4.66. The molecule has 3 rings (SSSR count). The highest BCUT2D eigenvalue weighted by Crippen LogP contribution is 2.31. The largest absolute Gasteiger partial charge is 0.416 e. The van der Waals surface area contributed by atoms with E-state index in [2.05, 4.69) is 4.72 Å². The topological polar surface area (TPSA) is 95.5 Å². The Hall–Kier alpha value is -3.37. The van der Waals surface area contributed by atoms with Crippen LogP contribution < -0.4 is 10.2 Å². The van der Waals surface area contributed by atoms with E-state index in [4.69, 9.17) is 5.21 Å². The maximum atomic E-state index is 12.9. The van der Waals surface area contributed by atoms with Crippen LogP contribution in [0.3, 0.4) is 0 Å². The Morgan fingerprint density at radius 1 is 0.867 bits per heavy atom. The van der Waals surface area contributed by atoms with E-state index in [9.17, 15) is 26.4 Å². The van der Waals surface area contributed by atoms with Crippen LogP contribution in [0.5, 0.6) is 0 Å². The van der Waals surface area contributed by atoms with Crippen molar-refractivity contribution in [2.24, 2.45) is 0 Å². The van der Waals surface area contributed by atoms with Gasteiger partial charge in [-0.1, -0.05) is 30.3 Å². The van der Waals surface area contributed by atoms with Gasteiger partial charge in [0.05, 0.1) is 10.5 Å². The molecule has 1 amide bonds. The third-order valence-electron chi connectivity index (χ3n) is 4.17. The molecule has 0 aliphatic rings. The average Bonchev–Trinajstić information content (AvgIpc) is 2.72. The number of rotatable bonds is 5. The molecule has 3 aromatic rings. The van der Waals surface area contributed by atoms with E-state index in [1.807, 2.05) is 0 Å². The summed E-state index contributed by atoms with van der Waals surface area (Å²) in [6, 6.07) is 15.9. The van der Waals surface area contributed by atoms with Crippen molar-refractivity contribution in [2.45, 2.75) is 11.1 Å². The number of carbonyl (C=O) groups is 1. The zero-order valence-electron chi connectivity index (χ0n) is 15.1. The first kappa shape index (κ1) is 21.3. The summed E-state index contributed by atoms with van der Waals surface area (Å²) in [7, 11) is -4.25. The number of hydrogen-bond acceptors (Lipinski definition) is 4. The zero-order chi connectivity index (χ0) is 21.9. The summed E-state index contributed by atoms with van der Waals surface area (Å²) >= 11 is 0. The molecule has 3 aromatic carbocycles. The van der Waals surface area contributed by atoms with Gasteiger partial charge >= 0.3 is 6.18 Å². The van der Waals surface area contributed by atoms with Crippen LogP contribution in [0.2, 0.25) is 0 Å². The van der Waals surface area contributed by atoms with Crippen LogP contribution in [0, 0.1) is 0 Å². The van der Waals surface area contributed by atoms with Gasteiger partial charge in [-0.2, -0.15) is 13.2 Å². The Balaban J connectivity index is 1.87. The van der Waals surface area contributed by atoms with E-state index in [-0.39, 0.29) is 11.3 Å². The fourth-order valence-corrected chi connectivity index (χ4v) is 3.79. The second kappa shape index (κ2) is 8.17. The molecular formula is C20H15F3N2O4S. The Bertz CT molecular complexity index is 1180. The molecule has 30 heavy (non-hydrogen) atoms. The van der Waals surface area contributed by atoms with Gasteiger partial charge in [0.15, 0.2) is 0 Å². The lowest BCUT2D eigenvalue weighted by molar-refractivity contribution is -0.137. The van der Waals surface area contributed by atoms with Gasteiger partial charge in [-0.15, -0.1) is 0 Å². The Morgan fingerprint density at radius 2 is 1.53 bits per heavy atom. The van der Waals surface area contributed by atoms with Gasteiger partial charge in [-0.05, 0) is 53.6 Å². The van der Waals surface area contributed by atoms with Crippen molar-refractivity contribution in [1.29, 1.82) is 0 Å². The van der Waals surface area contributed by atoms with Crippen LogP contribution in [0.25, 0.3) is 11.1 Å². The Labute approximate surface area is 170 Å². The van der Waals surface area contributed by atoms with Gasteiger partial charge < -0.3 is 0 Å². The molecule has 10 heteroatoms. The van der Waals surface area contributed by atoms with E-state index >= 15 is 0 Å². The molecule has 0 saturated heterocycles. The third-order valence-corrected chi connectivity index (χ3v) is 5.55. The maximum Gasteiger partial charge on any atom is 0.416 e. The summed E-state index contributed by atoms with van der Waals surface area (Å²) in [6.07, 6.45) is -4.66. The first-order valence-corrected chi connectivity index (χ1v) is 9.93. The molecule has 0 fully saturated rings. The second-order valence-corrected chi connectivity index (χ2v) is 7.91. The van der Waals surface area contributed by atoms with Crippen molar-refractivity contribution in [3.63, 3.8) is 0 Å². The van der Waals surface area contributed by atoms with Crippen molar-refractivity contribution < 1.29 is 31.6 Å². The summed E-state index contributed by atoms with van der Waals surface area (Å²) < 4.78 is 66.0. The lowest BCUT2D eigenvalue weighted by Crippen LogP contribution is -2.18. The number of sulfonamides is 1. The molecule has 0 aliphatic heterocycles. The number of hydrogen-bond donors (Lipinski definition) is 3. The van der Waals surface area contributed by atoms with E-state index < -0.39 is 32.6 Å². The lowest BCUT2D eigenvalue weighted by atomic mass is 10.0. The summed E-state index contributed by atoms with van der Waals surface area (Å²) in [4.78, 5) is 10.9. The molecule has 0 atom stereocenters. The van der Waals surface area contributed by atoms with Crippen molar-refractivity contribution in [3.05, 3.63) is 83.9 Å². The van der Waals surface area contributed by atoms with Crippen LogP contribution in [0.1, 0.15) is 15.9 Å². The SMILES string of the molecule is O=C(NO)c1ccc(-c2cccc(NS(=O)(=O)c3cccc(C(F)(F)F)c3)c2)cc1. The molecule has 0 saturated carbocycles. The number of halogens is 3. The van der Waals surface area contributed by atoms with Crippen molar-refractivity contribution in [2.75, 3.05) is 4.72 Å². The molecule has 0 bridgehead atoms. The van der Waals surface area contributed by atoms with Crippen molar-refractivity contribution in [1.82, 2.24) is 5.48 Å². The smallest absolute Gasteiger partial charge is 0.288 e. The van der Waals surface area contributed by atoms with E-state index in [0.717, 1.165) is 18.2 Å². The molecule has 0 aliphatic carbocycles. The number of benzene rings is 3. The monoisotopic (exact) mass is 436 g/mol. The first-order valence-electron chi connectivity index (χ1n) is 8.45. The summed E-state index contributed by atoms with van der Waals surface area (Å²) in [5.74, 6) is -0.677. The molecular weight excluding hydrogens is 421 g/mol. The van der Waals surface area contributed by atoms with Crippen LogP contribution in [-0.4, -0.2) is 19.5 Å². The second-order valence-electron chi connectivity index (χ2n) is 6.23. The molecule has 0 radical (unpaired) electrons. The molecule has 3 N–H and O–H groups in total. The fourth-order valence-electron chi connectivity index (χ4n) is 2.69. The average molecular weight is 436 g/mol. The number of anilines is 1. The summed E-state index contributed by atoms with van der Waals surface area (Å²) in [5.41, 5.74) is 2.10. The zero-order valence-corrected chi connectivity index (χ0v) is 16.0. The van der Waals surface area contributed by atoms with Gasteiger partial charge in [-0.25, -0.2) is 13.9 Å². The lowest BCUT2D eigenvalue weighted by Gasteiger charge is -2.12. The van der Waals surface area contributed by atoms with Crippen LogP contribution >= 0.6 is 0 Å². The van der Waals surface area contributed by atoms with Gasteiger partial charge in [-0.3, -0.25) is 14.7 Å². The number of amides is 1. The minimum Gasteiger partial charge on any atom is -0.288 e. The molecule has 6 nitrogen and oxygen atoms in total. The molecule has 0 aromatic heterocycles. The highest BCUT2D eigenvalue weighted by atomic mass is 32.2. The quantitative estimate of drug-likeness (QED) is 0.411. The number of hydroxylamine groups is 1. The van der Waals surface area contributed by atoms with E-state index in [0.29, 0.717) is 17.2 Å². The Morgan fingerprint density at radius 3 is 2.17 bits per heavy atom. The minimum absolute atomic E-state index is 0.155. The predicted molar refractivity (Wildman–Crippen MR) is 103 cm³/mol. The first-order chi connectivity index (χ1) is 14.1. The van der Waals surface area contributed by atoms with Crippen molar-refractivity contribution in [3.8, 4) is 11.1 Å². The van der Waals surface area contributed by atoms with Crippen LogP contribution in [0.15, 0.2) is 77.7 Å². The predicted octanol–water partition coefficient (Wildman–Crippen LogP) is 4.29. The van der Waals surface area contributed by atoms with Gasteiger partial charge in [0, 0.05) is 11.3 Å². The molecule has 0 spiro atoms. The highest BCUT2D eigenvalue weighted by Gasteiger charge is 2.31. The van der Waals surface area contributed by atoms with Gasteiger partial charge in [0.2, 0.25) is 0 Å². The summed E-state index contributed by atoms with van der Waals surface area (Å²) in [6.45, 7) is 0. The maximum absolute atomic E-state index is 12.9. The highest BCUT2D eigenvalue weighted by molar-refractivity contribution is 7.92. The number of carbonyl (C=O) groups excluding carboxylic acids is 1. The molecule has 0 heterocycles. The summed E-state index contributed by atoms with van der Waals surface area (Å²) in [5, 5.41) is 8.65. The van der Waals surface area contributed by atoms with E-state index in [1.165, 1.54) is 29.7 Å². The molecule has 156 valence electrons. The van der Waals surface area contributed by atoms with Crippen LogP contribution in [0.4, 0.5) is 18.9 Å². The Kier molecular flexibility index (Phi) is 5.81. The standard InChI is InChI=1S/C20H15F3N2O4S/c21-20(22,23)16-4-2-6-18(12-16)30(28,29)25-17-5-1-3-15(11-17)13-7-9-14(10-8-13)19(26)24-27/h1-12,25,27H,(H,24,26). The van der Waals surface area contributed by atoms with Gasteiger partial charge in [0.25, 0.3) is 15.9 Å². The van der Waals surface area contributed by atoms with Crippen LogP contribution in [-0.2, 0) is 16.2 Å². The number of alkyl halides is 3. The normalized spacial score (nSPS) is 11.7. The third kappa shape index (κ3) is 4.78. The molecule has 0 unspecified atom stereocenters. The van der Waals surface area contributed by atoms with E-state index in [1.54, 1.807) is 24.3 Å². The van der Waals surface area contributed by atoms with Gasteiger partial charge in [0.1, 0.15) is 0 Å². The fraction of sp³-hybridized carbons (Fsp3) is 0.0500. The number of nitrogens with one attached hydrogen (secondary N) is 2. The van der Waals surface area contributed by atoms with Crippen molar-refractivity contribution >= 4 is 21.6 Å².